The summed E-state index contributed by atoms with van der Waals surface area (Å²) in [4.78, 5) is 19.0. The predicted octanol–water partition coefficient (Wildman–Crippen LogP) is 2.99. The van der Waals surface area contributed by atoms with Crippen LogP contribution < -0.4 is 10.2 Å². The van der Waals surface area contributed by atoms with Gasteiger partial charge in [0.15, 0.2) is 0 Å². The number of piperidine rings is 1. The van der Waals surface area contributed by atoms with Gasteiger partial charge in [0.2, 0.25) is 0 Å². The Hall–Kier alpha value is -1.58. The summed E-state index contributed by atoms with van der Waals surface area (Å²) in [6.07, 6.45) is 10.8. The van der Waals surface area contributed by atoms with Crippen LogP contribution in [0, 0.1) is 5.92 Å². The highest BCUT2D eigenvalue weighted by Gasteiger charge is 2.20. The van der Waals surface area contributed by atoms with E-state index in [0.717, 1.165) is 37.5 Å². The lowest BCUT2D eigenvalue weighted by Gasteiger charge is -2.32. The standard InChI is InChI=1S/C17H25N3O/c1-13-5-4-8-20(12-13)16-9-14(10-18-11-16)17(21)19-15-6-2-3-7-15/h9-11,13,15H,2-8,12H2,1H3,(H,19,21). The minimum absolute atomic E-state index is 0.0290. The maximum Gasteiger partial charge on any atom is 0.253 e. The van der Waals surface area contributed by atoms with E-state index in [2.05, 4.69) is 22.1 Å². The van der Waals surface area contributed by atoms with Gasteiger partial charge in [0.25, 0.3) is 5.91 Å². The molecule has 1 unspecified atom stereocenters. The van der Waals surface area contributed by atoms with E-state index < -0.39 is 0 Å². The van der Waals surface area contributed by atoms with Gasteiger partial charge in [-0.2, -0.15) is 0 Å². The minimum atomic E-state index is 0.0290. The van der Waals surface area contributed by atoms with Crippen molar-refractivity contribution in [1.82, 2.24) is 10.3 Å². The predicted molar refractivity (Wildman–Crippen MR) is 84.6 cm³/mol. The molecule has 1 saturated heterocycles. The molecule has 1 amide bonds. The van der Waals surface area contributed by atoms with Crippen molar-refractivity contribution in [3.05, 3.63) is 24.0 Å². The van der Waals surface area contributed by atoms with Crippen LogP contribution in [0.2, 0.25) is 0 Å². The summed E-state index contributed by atoms with van der Waals surface area (Å²) in [7, 11) is 0. The highest BCUT2D eigenvalue weighted by atomic mass is 16.1. The molecule has 1 atom stereocenters. The fraction of sp³-hybridized carbons (Fsp3) is 0.647. The molecule has 1 aliphatic carbocycles. The molecule has 2 heterocycles. The molecule has 3 rings (SSSR count). The largest absolute Gasteiger partial charge is 0.370 e. The molecule has 0 aromatic carbocycles. The van der Waals surface area contributed by atoms with E-state index in [1.165, 1.54) is 25.7 Å². The van der Waals surface area contributed by atoms with Crippen molar-refractivity contribution in [3.8, 4) is 0 Å². The van der Waals surface area contributed by atoms with Crippen LogP contribution in [0.15, 0.2) is 18.5 Å². The number of hydrogen-bond acceptors (Lipinski definition) is 3. The quantitative estimate of drug-likeness (QED) is 0.929. The Bertz CT molecular complexity index is 497. The Morgan fingerprint density at radius 2 is 2.05 bits per heavy atom. The van der Waals surface area contributed by atoms with E-state index >= 15 is 0 Å². The van der Waals surface area contributed by atoms with Gasteiger partial charge >= 0.3 is 0 Å². The van der Waals surface area contributed by atoms with Crippen molar-refractivity contribution >= 4 is 11.6 Å². The number of carbonyl (C=O) groups is 1. The number of anilines is 1. The first-order chi connectivity index (χ1) is 10.2. The zero-order valence-corrected chi connectivity index (χ0v) is 12.8. The fourth-order valence-electron chi connectivity index (χ4n) is 3.49. The maximum atomic E-state index is 12.3. The van der Waals surface area contributed by atoms with Gasteiger partial charge in [-0.15, -0.1) is 0 Å². The summed E-state index contributed by atoms with van der Waals surface area (Å²) in [5.74, 6) is 0.746. The normalized spacial score (nSPS) is 23.3. The number of nitrogens with one attached hydrogen (secondary N) is 1. The van der Waals surface area contributed by atoms with Gasteiger partial charge in [-0.25, -0.2) is 0 Å². The van der Waals surface area contributed by atoms with Gasteiger partial charge in [0.1, 0.15) is 0 Å². The first kappa shape index (κ1) is 14.4. The lowest BCUT2D eigenvalue weighted by Crippen LogP contribution is -2.35. The summed E-state index contributed by atoms with van der Waals surface area (Å²) < 4.78 is 0. The molecular formula is C17H25N3O. The molecule has 114 valence electrons. The lowest BCUT2D eigenvalue weighted by molar-refractivity contribution is 0.0937. The second-order valence-corrected chi connectivity index (χ2v) is 6.58. The molecule has 1 aromatic rings. The van der Waals surface area contributed by atoms with Crippen molar-refractivity contribution in [1.29, 1.82) is 0 Å². The molecule has 4 heteroatoms. The van der Waals surface area contributed by atoms with Crippen molar-refractivity contribution < 1.29 is 4.79 Å². The number of rotatable bonds is 3. The van der Waals surface area contributed by atoms with Crippen LogP contribution in [-0.4, -0.2) is 30.0 Å². The summed E-state index contributed by atoms with van der Waals surface area (Å²) in [6.45, 7) is 4.42. The average molecular weight is 287 g/mol. The molecule has 0 spiro atoms. The van der Waals surface area contributed by atoms with E-state index in [9.17, 15) is 4.79 Å². The first-order valence-electron chi connectivity index (χ1n) is 8.23. The van der Waals surface area contributed by atoms with Gasteiger partial charge in [-0.3, -0.25) is 9.78 Å². The SMILES string of the molecule is CC1CCCN(c2cncc(C(=O)NC3CCCC3)c2)C1. The van der Waals surface area contributed by atoms with Crippen molar-refractivity contribution in [2.75, 3.05) is 18.0 Å². The number of pyridine rings is 1. The summed E-state index contributed by atoms with van der Waals surface area (Å²) in [6, 6.07) is 2.35. The van der Waals surface area contributed by atoms with Crippen LogP contribution in [0.1, 0.15) is 55.8 Å². The van der Waals surface area contributed by atoms with Crippen LogP contribution in [0.5, 0.6) is 0 Å². The van der Waals surface area contributed by atoms with Crippen LogP contribution in [0.25, 0.3) is 0 Å². The Kier molecular flexibility index (Phi) is 4.42. The number of amides is 1. The van der Waals surface area contributed by atoms with Crippen LogP contribution in [0.3, 0.4) is 0 Å². The zero-order valence-electron chi connectivity index (χ0n) is 12.8. The second-order valence-electron chi connectivity index (χ2n) is 6.58. The third-order valence-electron chi connectivity index (χ3n) is 4.70. The summed E-state index contributed by atoms with van der Waals surface area (Å²) in [5.41, 5.74) is 1.78. The summed E-state index contributed by atoms with van der Waals surface area (Å²) in [5, 5.41) is 3.14. The summed E-state index contributed by atoms with van der Waals surface area (Å²) >= 11 is 0. The Labute approximate surface area is 126 Å². The molecule has 0 radical (unpaired) electrons. The van der Waals surface area contributed by atoms with Gasteiger partial charge in [-0.05, 0) is 37.7 Å². The van der Waals surface area contributed by atoms with E-state index in [1.54, 1.807) is 6.20 Å². The molecule has 21 heavy (non-hydrogen) atoms. The minimum Gasteiger partial charge on any atom is -0.370 e. The smallest absolute Gasteiger partial charge is 0.253 e. The van der Waals surface area contributed by atoms with Gasteiger partial charge < -0.3 is 10.2 Å². The van der Waals surface area contributed by atoms with E-state index in [4.69, 9.17) is 0 Å². The second kappa shape index (κ2) is 6.46. The van der Waals surface area contributed by atoms with Gasteiger partial charge in [0, 0.05) is 25.3 Å². The van der Waals surface area contributed by atoms with Crippen LogP contribution >= 0.6 is 0 Å². The monoisotopic (exact) mass is 287 g/mol. The van der Waals surface area contributed by atoms with Crippen LogP contribution in [-0.2, 0) is 0 Å². The Morgan fingerprint density at radius 1 is 1.24 bits per heavy atom. The zero-order chi connectivity index (χ0) is 14.7. The Balaban J connectivity index is 1.68. The number of hydrogen-bond donors (Lipinski definition) is 1. The maximum absolute atomic E-state index is 12.3. The Morgan fingerprint density at radius 3 is 2.81 bits per heavy atom. The number of nitrogens with zero attached hydrogens (tertiary/aromatic N) is 2. The van der Waals surface area contributed by atoms with E-state index in [1.807, 2.05) is 12.3 Å². The number of carbonyl (C=O) groups excluding carboxylic acids is 1. The molecule has 4 nitrogen and oxygen atoms in total. The molecule has 2 fully saturated rings. The van der Waals surface area contributed by atoms with Crippen molar-refractivity contribution in [3.63, 3.8) is 0 Å². The van der Waals surface area contributed by atoms with Gasteiger partial charge in [0.05, 0.1) is 17.4 Å². The average Bonchev–Trinajstić information content (AvgIpc) is 3.00. The van der Waals surface area contributed by atoms with Crippen molar-refractivity contribution in [2.45, 2.75) is 51.5 Å². The fourth-order valence-corrected chi connectivity index (χ4v) is 3.49. The molecular weight excluding hydrogens is 262 g/mol. The molecule has 1 aromatic heterocycles. The topological polar surface area (TPSA) is 45.2 Å². The van der Waals surface area contributed by atoms with Crippen molar-refractivity contribution in [2.24, 2.45) is 5.92 Å². The first-order valence-corrected chi connectivity index (χ1v) is 8.23. The van der Waals surface area contributed by atoms with Gasteiger partial charge in [-0.1, -0.05) is 19.8 Å². The molecule has 0 bridgehead atoms. The van der Waals surface area contributed by atoms with E-state index in [-0.39, 0.29) is 5.91 Å². The third kappa shape index (κ3) is 3.55. The molecule has 2 aliphatic rings. The molecule has 1 N–H and O–H groups in total. The molecule has 1 saturated carbocycles. The molecule has 1 aliphatic heterocycles. The lowest BCUT2D eigenvalue weighted by atomic mass is 10.00. The third-order valence-corrected chi connectivity index (χ3v) is 4.70. The highest BCUT2D eigenvalue weighted by Crippen LogP contribution is 2.23. The van der Waals surface area contributed by atoms with E-state index in [0.29, 0.717) is 11.6 Å². The number of aromatic nitrogens is 1. The van der Waals surface area contributed by atoms with Crippen LogP contribution in [0.4, 0.5) is 5.69 Å². The highest BCUT2D eigenvalue weighted by molar-refractivity contribution is 5.95.